The standard InChI is InChI=1S/C56H53BN2/c1-3-9-42(10-4-1)43-27-52-54-53(28-43)59(47-18-15-44(16-19-47)55-30-36-21-37(31-55)23-38(22-36)32-55)51-20-17-45(56-33-39-24-40(34-56)26-41(25-39)35-56)29-49(51)57(54)48-13-7-8-14-50(48)58(52)46-11-5-2-6-12-46/h1-20,27-29,36-41H,21-26,30-35H2. The van der Waals surface area contributed by atoms with Crippen molar-refractivity contribution in [2.24, 2.45) is 35.5 Å². The predicted molar refractivity (Wildman–Crippen MR) is 246 cm³/mol. The van der Waals surface area contributed by atoms with Crippen LogP contribution in [0, 0.1) is 35.5 Å². The molecule has 2 heterocycles. The third kappa shape index (κ3) is 4.94. The molecular weight excluding hydrogens is 711 g/mol. The molecule has 6 aromatic carbocycles. The number of para-hydroxylation sites is 2. The average Bonchev–Trinajstić information content (AvgIpc) is 3.26. The highest BCUT2D eigenvalue weighted by Gasteiger charge is 2.54. The number of rotatable bonds is 5. The Hall–Kier alpha value is -5.02. The maximum Gasteiger partial charge on any atom is 0.252 e. The first-order valence-electron chi connectivity index (χ1n) is 23.3. The van der Waals surface area contributed by atoms with Gasteiger partial charge in [-0.1, -0.05) is 91.0 Å². The van der Waals surface area contributed by atoms with E-state index >= 15 is 0 Å². The van der Waals surface area contributed by atoms with E-state index in [1.807, 2.05) is 0 Å². The van der Waals surface area contributed by atoms with Gasteiger partial charge in [-0.05, 0) is 211 Å². The van der Waals surface area contributed by atoms with Crippen molar-refractivity contribution in [2.45, 2.75) is 87.9 Å². The van der Waals surface area contributed by atoms with Crippen molar-refractivity contribution in [1.82, 2.24) is 0 Å². The Kier molecular flexibility index (Phi) is 7.03. The van der Waals surface area contributed by atoms with Crippen molar-refractivity contribution in [3.8, 4) is 11.1 Å². The van der Waals surface area contributed by atoms with Crippen LogP contribution in [-0.2, 0) is 10.8 Å². The van der Waals surface area contributed by atoms with E-state index in [2.05, 4.69) is 149 Å². The third-order valence-electron chi connectivity index (χ3n) is 17.5. The van der Waals surface area contributed by atoms with Crippen molar-refractivity contribution in [3.05, 3.63) is 151 Å². The summed E-state index contributed by atoms with van der Waals surface area (Å²) in [6.45, 7) is 0.146. The monoisotopic (exact) mass is 764 g/mol. The summed E-state index contributed by atoms with van der Waals surface area (Å²) in [5.74, 6) is 5.58. The molecule has 16 rings (SSSR count). The normalized spacial score (nSPS) is 31.3. The number of hydrogen-bond acceptors (Lipinski definition) is 2. The highest BCUT2D eigenvalue weighted by Crippen LogP contribution is 2.62. The summed E-state index contributed by atoms with van der Waals surface area (Å²) in [6, 6.07) is 54.7. The first-order chi connectivity index (χ1) is 29.1. The van der Waals surface area contributed by atoms with E-state index < -0.39 is 0 Å². The molecule has 290 valence electrons. The molecule has 0 unspecified atom stereocenters. The lowest BCUT2D eigenvalue weighted by Gasteiger charge is -2.57. The Bertz CT molecular complexity index is 2570. The van der Waals surface area contributed by atoms with Crippen molar-refractivity contribution >= 4 is 57.2 Å². The van der Waals surface area contributed by atoms with Crippen LogP contribution in [0.5, 0.6) is 0 Å². The molecule has 8 aliphatic carbocycles. The fourth-order valence-electron chi connectivity index (χ4n) is 16.1. The van der Waals surface area contributed by atoms with Crippen molar-refractivity contribution in [1.29, 1.82) is 0 Å². The van der Waals surface area contributed by atoms with E-state index in [9.17, 15) is 0 Å². The lowest BCUT2D eigenvalue weighted by atomic mass is 9.33. The van der Waals surface area contributed by atoms with Gasteiger partial charge in [0.25, 0.3) is 6.71 Å². The van der Waals surface area contributed by atoms with Crippen molar-refractivity contribution < 1.29 is 0 Å². The number of nitrogens with zero attached hydrogens (tertiary/aromatic N) is 2. The van der Waals surface area contributed by atoms with Gasteiger partial charge >= 0.3 is 0 Å². The zero-order valence-corrected chi connectivity index (χ0v) is 34.2. The molecule has 8 saturated carbocycles. The molecule has 10 aliphatic rings. The summed E-state index contributed by atoms with van der Waals surface area (Å²) in [5, 5.41) is 0. The SMILES string of the molecule is c1ccc(-c2cc3c4c(c2)N(c2ccc(C56CC7CC(CC(C7)C5)C6)cc2)c2ccc(C56CC7CC(CC(C7)C5)C6)cc2B4c2ccccc2N3c2ccccc2)cc1. The van der Waals surface area contributed by atoms with Gasteiger partial charge in [0.15, 0.2) is 0 Å². The fraction of sp³-hybridized carbons (Fsp3) is 0.357. The van der Waals surface area contributed by atoms with E-state index in [0.29, 0.717) is 10.8 Å². The van der Waals surface area contributed by atoms with Gasteiger partial charge in [0.05, 0.1) is 0 Å². The molecule has 2 nitrogen and oxygen atoms in total. The maximum atomic E-state index is 2.75. The van der Waals surface area contributed by atoms with Gasteiger partial charge in [0.2, 0.25) is 0 Å². The van der Waals surface area contributed by atoms with Crippen LogP contribution >= 0.6 is 0 Å². The van der Waals surface area contributed by atoms with Crippen LogP contribution < -0.4 is 26.2 Å². The van der Waals surface area contributed by atoms with Crippen LogP contribution in [0.1, 0.15) is 88.2 Å². The Morgan fingerprint density at radius 1 is 0.373 bits per heavy atom. The Balaban J connectivity index is 1.00. The summed E-state index contributed by atoms with van der Waals surface area (Å²) in [7, 11) is 0. The van der Waals surface area contributed by atoms with E-state index in [1.54, 1.807) is 11.1 Å². The fourth-order valence-corrected chi connectivity index (χ4v) is 16.1. The van der Waals surface area contributed by atoms with Crippen molar-refractivity contribution in [2.75, 3.05) is 9.80 Å². The minimum atomic E-state index is 0.146. The van der Waals surface area contributed by atoms with Crippen LogP contribution in [0.3, 0.4) is 0 Å². The number of fused-ring (bicyclic) bond motifs is 4. The molecule has 0 N–H and O–H groups in total. The predicted octanol–water partition coefficient (Wildman–Crippen LogP) is 12.4. The Morgan fingerprint density at radius 3 is 1.41 bits per heavy atom. The first-order valence-corrected chi connectivity index (χ1v) is 23.3. The molecule has 2 aliphatic heterocycles. The van der Waals surface area contributed by atoms with Crippen LogP contribution in [0.4, 0.5) is 34.1 Å². The molecular formula is C56H53BN2. The minimum Gasteiger partial charge on any atom is -0.311 e. The molecule has 8 fully saturated rings. The second-order valence-electron chi connectivity index (χ2n) is 21.0. The quantitative estimate of drug-likeness (QED) is 0.161. The highest BCUT2D eigenvalue weighted by atomic mass is 15.2. The smallest absolute Gasteiger partial charge is 0.252 e. The van der Waals surface area contributed by atoms with Gasteiger partial charge in [-0.15, -0.1) is 0 Å². The molecule has 0 spiro atoms. The number of benzene rings is 6. The van der Waals surface area contributed by atoms with E-state index in [0.717, 1.165) is 35.5 Å². The van der Waals surface area contributed by atoms with Crippen LogP contribution in [-0.4, -0.2) is 6.71 Å². The van der Waals surface area contributed by atoms with Crippen LogP contribution in [0.15, 0.2) is 140 Å². The second kappa shape index (κ2) is 12.3. The molecule has 8 bridgehead atoms. The van der Waals surface area contributed by atoms with Gasteiger partial charge in [0, 0.05) is 34.1 Å². The van der Waals surface area contributed by atoms with Gasteiger partial charge in [-0.3, -0.25) is 0 Å². The van der Waals surface area contributed by atoms with Crippen LogP contribution in [0.2, 0.25) is 0 Å². The molecule has 0 saturated heterocycles. The molecule has 0 atom stereocenters. The molecule has 0 radical (unpaired) electrons. The zero-order chi connectivity index (χ0) is 38.5. The van der Waals surface area contributed by atoms with Gasteiger partial charge in [-0.2, -0.15) is 0 Å². The molecule has 3 heteroatoms. The summed E-state index contributed by atoms with van der Waals surface area (Å²) >= 11 is 0. The molecule has 6 aromatic rings. The van der Waals surface area contributed by atoms with Crippen LogP contribution in [0.25, 0.3) is 11.1 Å². The Morgan fingerprint density at radius 2 is 0.831 bits per heavy atom. The topological polar surface area (TPSA) is 6.48 Å². The second-order valence-corrected chi connectivity index (χ2v) is 21.0. The van der Waals surface area contributed by atoms with E-state index in [-0.39, 0.29) is 6.71 Å². The van der Waals surface area contributed by atoms with Crippen molar-refractivity contribution in [3.63, 3.8) is 0 Å². The minimum absolute atomic E-state index is 0.146. The summed E-state index contributed by atoms with van der Waals surface area (Å²) in [5.41, 5.74) is 18.6. The van der Waals surface area contributed by atoms with Gasteiger partial charge in [-0.25, -0.2) is 0 Å². The maximum absolute atomic E-state index is 2.75. The van der Waals surface area contributed by atoms with E-state index in [1.165, 1.54) is 139 Å². The first kappa shape index (κ1) is 33.8. The number of hydrogen-bond donors (Lipinski definition) is 0. The van der Waals surface area contributed by atoms with E-state index in [4.69, 9.17) is 0 Å². The lowest BCUT2D eigenvalue weighted by Crippen LogP contribution is -2.61. The molecule has 0 aromatic heterocycles. The van der Waals surface area contributed by atoms with Gasteiger partial charge in [0.1, 0.15) is 0 Å². The molecule has 0 amide bonds. The zero-order valence-electron chi connectivity index (χ0n) is 34.2. The summed E-state index contributed by atoms with van der Waals surface area (Å²) < 4.78 is 0. The molecule has 59 heavy (non-hydrogen) atoms. The number of anilines is 6. The van der Waals surface area contributed by atoms with Gasteiger partial charge < -0.3 is 9.80 Å². The average molecular weight is 765 g/mol. The largest absolute Gasteiger partial charge is 0.311 e. The summed E-state index contributed by atoms with van der Waals surface area (Å²) in [4.78, 5) is 5.25. The lowest BCUT2D eigenvalue weighted by molar-refractivity contribution is -0.00528. The summed E-state index contributed by atoms with van der Waals surface area (Å²) in [6.07, 6.45) is 17.3. The highest BCUT2D eigenvalue weighted by molar-refractivity contribution is 7.00. The Labute approximate surface area is 350 Å². The third-order valence-corrected chi connectivity index (χ3v) is 17.5.